The van der Waals surface area contributed by atoms with Gasteiger partial charge in [0.15, 0.2) is 10.2 Å². The van der Waals surface area contributed by atoms with Gasteiger partial charge in [-0.25, -0.2) is 0 Å². The number of para-hydroxylation sites is 4. The largest absolute Gasteiger partial charge is 0.495 e. The van der Waals surface area contributed by atoms with Gasteiger partial charge >= 0.3 is 0 Å². The summed E-state index contributed by atoms with van der Waals surface area (Å²) in [5.41, 5.74) is 4.83. The molecular weight excluding hydrogens is 544 g/mol. The molecule has 0 atom stereocenters. The molecule has 40 heavy (non-hydrogen) atoms. The molecule has 4 aromatic carbocycles. The molecule has 0 aliphatic carbocycles. The second-order valence-corrected chi connectivity index (χ2v) is 9.21. The third kappa shape index (κ3) is 6.90. The maximum atomic E-state index is 5.66. The average Bonchev–Trinajstić information content (AvgIpc) is 2.98. The lowest BCUT2D eigenvalue weighted by molar-refractivity contribution is 0.416. The predicted octanol–water partition coefficient (Wildman–Crippen LogP) is 7.01. The van der Waals surface area contributed by atoms with Crippen LogP contribution >= 0.6 is 24.4 Å². The van der Waals surface area contributed by atoms with Gasteiger partial charge in [-0.15, -0.1) is 0 Å². The Morgan fingerprint density at radius 2 is 0.775 bits per heavy atom. The quantitative estimate of drug-likeness (QED) is 0.157. The first-order valence-electron chi connectivity index (χ1n) is 12.2. The van der Waals surface area contributed by atoms with Crippen molar-refractivity contribution in [1.82, 2.24) is 0 Å². The van der Waals surface area contributed by atoms with Crippen molar-refractivity contribution in [2.75, 3.05) is 49.7 Å². The predicted molar refractivity (Wildman–Crippen MR) is 171 cm³/mol. The Balaban J connectivity index is 1.48. The third-order valence-electron chi connectivity index (χ3n) is 5.94. The summed E-state index contributed by atoms with van der Waals surface area (Å²) < 4.78 is 22.1. The zero-order chi connectivity index (χ0) is 28.5. The minimum Gasteiger partial charge on any atom is -0.495 e. The van der Waals surface area contributed by atoms with Gasteiger partial charge in [-0.2, -0.15) is 0 Å². The summed E-state index contributed by atoms with van der Waals surface area (Å²) in [5.74, 6) is 2.64. The lowest BCUT2D eigenvalue weighted by Gasteiger charge is -2.17. The Kier molecular flexibility index (Phi) is 9.61. The van der Waals surface area contributed by atoms with Crippen LogP contribution in [0.1, 0.15) is 0 Å². The summed E-state index contributed by atoms with van der Waals surface area (Å²) in [7, 11) is 6.46. The number of ether oxygens (including phenoxy) is 4. The standard InChI is InChI=1S/C30H30N4O4S2/c1-35-25-11-7-5-9-21(25)31-29(39)33-23-15-13-19(17-27(23)37-3)20-14-16-24(28(18-20)38-4)34-30(40)32-22-10-6-8-12-26(22)36-2/h5-18H,1-4H3,(H2,31,33,39)(H2,32,34,40). The van der Waals surface area contributed by atoms with Crippen molar-refractivity contribution < 1.29 is 18.9 Å². The van der Waals surface area contributed by atoms with Crippen LogP contribution in [0.5, 0.6) is 23.0 Å². The second-order valence-electron chi connectivity index (χ2n) is 8.39. The van der Waals surface area contributed by atoms with Gasteiger partial charge in [-0.05, 0) is 84.1 Å². The molecule has 4 N–H and O–H groups in total. The number of benzene rings is 4. The van der Waals surface area contributed by atoms with Crippen molar-refractivity contribution in [2.24, 2.45) is 0 Å². The number of thiocarbonyl (C=S) groups is 2. The lowest BCUT2D eigenvalue weighted by atomic mass is 10.0. The van der Waals surface area contributed by atoms with E-state index in [1.807, 2.05) is 84.9 Å². The number of anilines is 4. The van der Waals surface area contributed by atoms with Crippen LogP contribution in [0.2, 0.25) is 0 Å². The molecule has 0 saturated heterocycles. The molecule has 206 valence electrons. The van der Waals surface area contributed by atoms with Gasteiger partial charge in [-0.3, -0.25) is 0 Å². The highest BCUT2D eigenvalue weighted by molar-refractivity contribution is 7.81. The monoisotopic (exact) mass is 574 g/mol. The molecule has 0 aromatic heterocycles. The molecule has 4 aromatic rings. The van der Waals surface area contributed by atoms with Gasteiger partial charge in [0.1, 0.15) is 23.0 Å². The van der Waals surface area contributed by atoms with Crippen molar-refractivity contribution >= 4 is 57.4 Å². The summed E-state index contributed by atoms with van der Waals surface area (Å²) in [6.45, 7) is 0. The lowest BCUT2D eigenvalue weighted by Crippen LogP contribution is -2.20. The number of nitrogens with one attached hydrogen (secondary N) is 4. The number of rotatable bonds is 9. The molecular formula is C30H30N4O4S2. The van der Waals surface area contributed by atoms with Crippen LogP contribution in [0.25, 0.3) is 11.1 Å². The van der Waals surface area contributed by atoms with Crippen molar-refractivity contribution in [3.05, 3.63) is 84.9 Å². The minimum atomic E-state index is 0.408. The molecule has 0 fully saturated rings. The van der Waals surface area contributed by atoms with Gasteiger partial charge in [0.25, 0.3) is 0 Å². The van der Waals surface area contributed by atoms with E-state index in [0.717, 1.165) is 33.9 Å². The minimum absolute atomic E-state index is 0.408. The number of hydrogen-bond donors (Lipinski definition) is 4. The van der Waals surface area contributed by atoms with Crippen LogP contribution in [0.15, 0.2) is 84.9 Å². The van der Waals surface area contributed by atoms with Crippen molar-refractivity contribution in [3.63, 3.8) is 0 Å². The van der Waals surface area contributed by atoms with Crippen molar-refractivity contribution in [2.45, 2.75) is 0 Å². The molecule has 0 unspecified atom stereocenters. The van der Waals surface area contributed by atoms with E-state index in [0.29, 0.717) is 33.2 Å². The van der Waals surface area contributed by atoms with Crippen LogP contribution in [0.3, 0.4) is 0 Å². The van der Waals surface area contributed by atoms with Gasteiger partial charge in [0.05, 0.1) is 51.2 Å². The molecule has 4 rings (SSSR count). The van der Waals surface area contributed by atoms with Crippen LogP contribution in [0.4, 0.5) is 22.7 Å². The van der Waals surface area contributed by atoms with E-state index >= 15 is 0 Å². The summed E-state index contributed by atoms with van der Waals surface area (Å²) >= 11 is 11.0. The molecule has 0 aliphatic heterocycles. The fraction of sp³-hybridized carbons (Fsp3) is 0.133. The average molecular weight is 575 g/mol. The maximum Gasteiger partial charge on any atom is 0.175 e. The molecule has 0 heterocycles. The van der Waals surface area contributed by atoms with Gasteiger partial charge in [0, 0.05) is 0 Å². The first-order valence-corrected chi connectivity index (χ1v) is 13.1. The Morgan fingerprint density at radius 3 is 1.12 bits per heavy atom. The van der Waals surface area contributed by atoms with Crippen molar-refractivity contribution in [1.29, 1.82) is 0 Å². The summed E-state index contributed by atoms with van der Waals surface area (Å²) in [4.78, 5) is 0. The summed E-state index contributed by atoms with van der Waals surface area (Å²) in [6.07, 6.45) is 0. The van der Waals surface area contributed by atoms with E-state index in [-0.39, 0.29) is 0 Å². The van der Waals surface area contributed by atoms with Crippen molar-refractivity contribution in [3.8, 4) is 34.1 Å². The van der Waals surface area contributed by atoms with Gasteiger partial charge in [0.2, 0.25) is 0 Å². The smallest absolute Gasteiger partial charge is 0.175 e. The van der Waals surface area contributed by atoms with Gasteiger partial charge < -0.3 is 40.2 Å². The molecule has 0 spiro atoms. The number of methoxy groups -OCH3 is 4. The Hall–Kier alpha value is -4.54. The highest BCUT2D eigenvalue weighted by Crippen LogP contribution is 2.35. The third-order valence-corrected chi connectivity index (χ3v) is 6.35. The van der Waals surface area contributed by atoms with Crippen LogP contribution in [-0.4, -0.2) is 38.7 Å². The van der Waals surface area contributed by atoms with E-state index < -0.39 is 0 Å². The first-order chi connectivity index (χ1) is 19.4. The molecule has 0 saturated carbocycles. The van der Waals surface area contributed by atoms with E-state index in [2.05, 4.69) is 21.3 Å². The maximum absolute atomic E-state index is 5.66. The first kappa shape index (κ1) is 28.5. The van der Waals surface area contributed by atoms with E-state index in [1.165, 1.54) is 0 Å². The van der Waals surface area contributed by atoms with E-state index in [4.69, 9.17) is 43.4 Å². The van der Waals surface area contributed by atoms with Crippen LogP contribution in [-0.2, 0) is 0 Å². The topological polar surface area (TPSA) is 85.0 Å². The highest BCUT2D eigenvalue weighted by Gasteiger charge is 2.13. The Morgan fingerprint density at radius 1 is 0.450 bits per heavy atom. The zero-order valence-corrected chi connectivity index (χ0v) is 24.2. The molecule has 0 radical (unpaired) electrons. The second kappa shape index (κ2) is 13.5. The normalized spacial score (nSPS) is 10.2. The molecule has 0 amide bonds. The molecule has 8 nitrogen and oxygen atoms in total. The molecule has 10 heteroatoms. The highest BCUT2D eigenvalue weighted by atomic mass is 32.1. The van der Waals surface area contributed by atoms with Crippen LogP contribution in [0, 0.1) is 0 Å². The fourth-order valence-electron chi connectivity index (χ4n) is 4.00. The van der Waals surface area contributed by atoms with E-state index in [1.54, 1.807) is 28.4 Å². The fourth-order valence-corrected chi connectivity index (χ4v) is 4.44. The number of hydrogen-bond acceptors (Lipinski definition) is 6. The van der Waals surface area contributed by atoms with Crippen LogP contribution < -0.4 is 40.2 Å². The molecule has 0 aliphatic rings. The van der Waals surface area contributed by atoms with Gasteiger partial charge in [-0.1, -0.05) is 36.4 Å². The Labute approximate surface area is 244 Å². The zero-order valence-electron chi connectivity index (χ0n) is 22.5. The Bertz CT molecular complexity index is 1400. The summed E-state index contributed by atoms with van der Waals surface area (Å²) in [5, 5.41) is 13.5. The molecule has 0 bridgehead atoms. The van der Waals surface area contributed by atoms with E-state index in [9.17, 15) is 0 Å². The summed E-state index contributed by atoms with van der Waals surface area (Å²) in [6, 6.07) is 26.8. The SMILES string of the molecule is COc1ccccc1NC(=S)Nc1ccc(-c2ccc(NC(=S)Nc3ccccc3OC)c(OC)c2)cc1OC.